The van der Waals surface area contributed by atoms with Crippen molar-refractivity contribution in [1.82, 2.24) is 20.4 Å². The van der Waals surface area contributed by atoms with Crippen LogP contribution in [-0.2, 0) is 6.42 Å². The monoisotopic (exact) mass is 557 g/mol. The number of nitrogens with two attached hydrogens (primary N) is 1. The lowest BCUT2D eigenvalue weighted by Crippen LogP contribution is -2.39. The molecule has 1 unspecified atom stereocenters. The number of aryl methyl sites for hydroxylation is 2. The summed E-state index contributed by atoms with van der Waals surface area (Å²) in [7, 11) is 1.77. The maximum atomic E-state index is 9.55. The van der Waals surface area contributed by atoms with Gasteiger partial charge in [0.15, 0.2) is 5.96 Å². The molecule has 1 atom stereocenters. The van der Waals surface area contributed by atoms with Crippen LogP contribution in [0.5, 0.6) is 0 Å². The summed E-state index contributed by atoms with van der Waals surface area (Å²) >= 11 is 0. The van der Waals surface area contributed by atoms with Crippen LogP contribution < -0.4 is 16.4 Å². The zero-order chi connectivity index (χ0) is 22.9. The van der Waals surface area contributed by atoms with Crippen molar-refractivity contribution in [2.24, 2.45) is 4.99 Å². The van der Waals surface area contributed by atoms with E-state index in [4.69, 9.17) is 5.73 Å². The third-order valence-corrected chi connectivity index (χ3v) is 5.43. The SMILES string of the molecule is CN=C(NCCCc1nn(-c2ccccc2)c(N)c1C#N)NCC(C)c1ccc(C)cc1.I. The molecule has 0 saturated carbocycles. The number of nitrogens with one attached hydrogen (secondary N) is 2. The number of nitriles is 1. The molecule has 33 heavy (non-hydrogen) atoms. The second-order valence-corrected chi connectivity index (χ2v) is 7.86. The van der Waals surface area contributed by atoms with Gasteiger partial charge in [-0.1, -0.05) is 55.0 Å². The summed E-state index contributed by atoms with van der Waals surface area (Å²) in [5.74, 6) is 1.51. The van der Waals surface area contributed by atoms with Gasteiger partial charge in [0.05, 0.1) is 11.4 Å². The summed E-state index contributed by atoms with van der Waals surface area (Å²) in [6.45, 7) is 5.79. The molecule has 3 aromatic rings. The van der Waals surface area contributed by atoms with Crippen LogP contribution in [0.15, 0.2) is 59.6 Å². The van der Waals surface area contributed by atoms with Crippen molar-refractivity contribution in [2.45, 2.75) is 32.6 Å². The van der Waals surface area contributed by atoms with Crippen molar-refractivity contribution in [3.8, 4) is 11.8 Å². The number of hydrogen-bond donors (Lipinski definition) is 3. The minimum atomic E-state index is 0. The summed E-state index contributed by atoms with van der Waals surface area (Å²) in [6.07, 6.45) is 1.45. The molecule has 8 heteroatoms. The van der Waals surface area contributed by atoms with Gasteiger partial charge in [0.2, 0.25) is 0 Å². The molecule has 1 aromatic heterocycles. The number of guanidine groups is 1. The van der Waals surface area contributed by atoms with Crippen LogP contribution in [0.25, 0.3) is 5.69 Å². The van der Waals surface area contributed by atoms with Gasteiger partial charge < -0.3 is 16.4 Å². The number of hydrogen-bond acceptors (Lipinski definition) is 4. The first kappa shape index (κ1) is 26.2. The predicted molar refractivity (Wildman–Crippen MR) is 145 cm³/mol. The van der Waals surface area contributed by atoms with Gasteiger partial charge in [-0.05, 0) is 43.4 Å². The highest BCUT2D eigenvalue weighted by Gasteiger charge is 2.16. The van der Waals surface area contributed by atoms with Crippen LogP contribution in [0.1, 0.15) is 41.6 Å². The lowest BCUT2D eigenvalue weighted by Gasteiger charge is -2.16. The standard InChI is InChI=1S/C25H31N7.HI/c1-18-11-13-20(14-12-18)19(2)17-30-25(28-3)29-15-7-10-23-22(16-26)24(27)32(31-23)21-8-5-4-6-9-21;/h4-6,8-9,11-14,19H,7,10,15,17,27H2,1-3H3,(H2,28,29,30);1H. The van der Waals surface area contributed by atoms with Crippen LogP contribution in [0.2, 0.25) is 0 Å². The van der Waals surface area contributed by atoms with Crippen molar-refractivity contribution in [3.63, 3.8) is 0 Å². The van der Waals surface area contributed by atoms with E-state index in [1.807, 2.05) is 30.3 Å². The van der Waals surface area contributed by atoms with Crippen molar-refractivity contribution in [1.29, 1.82) is 5.26 Å². The summed E-state index contributed by atoms with van der Waals surface area (Å²) in [5.41, 5.74) is 10.8. The molecule has 0 fully saturated rings. The fourth-order valence-corrected chi connectivity index (χ4v) is 3.49. The smallest absolute Gasteiger partial charge is 0.190 e. The first-order valence-corrected chi connectivity index (χ1v) is 10.9. The van der Waals surface area contributed by atoms with E-state index in [1.54, 1.807) is 11.7 Å². The minimum absolute atomic E-state index is 0. The summed E-state index contributed by atoms with van der Waals surface area (Å²) in [4.78, 5) is 4.31. The average Bonchev–Trinajstić information content (AvgIpc) is 3.14. The van der Waals surface area contributed by atoms with Crippen molar-refractivity contribution in [2.75, 3.05) is 25.9 Å². The molecule has 0 amide bonds. The third kappa shape index (κ3) is 6.96. The van der Waals surface area contributed by atoms with Gasteiger partial charge in [-0.2, -0.15) is 10.4 Å². The van der Waals surface area contributed by atoms with Crippen LogP contribution in [0.4, 0.5) is 5.82 Å². The van der Waals surface area contributed by atoms with E-state index >= 15 is 0 Å². The molecule has 0 saturated heterocycles. The highest BCUT2D eigenvalue weighted by atomic mass is 127. The molecule has 0 spiro atoms. The molecule has 0 bridgehead atoms. The van der Waals surface area contributed by atoms with Gasteiger partial charge in [0.1, 0.15) is 17.5 Å². The maximum absolute atomic E-state index is 9.55. The van der Waals surface area contributed by atoms with Crippen LogP contribution in [-0.4, -0.2) is 35.9 Å². The zero-order valence-electron chi connectivity index (χ0n) is 19.4. The Labute approximate surface area is 213 Å². The Bertz CT molecular complexity index is 1080. The Kier molecular flexibility index (Phi) is 10.2. The maximum Gasteiger partial charge on any atom is 0.190 e. The van der Waals surface area contributed by atoms with E-state index in [1.165, 1.54) is 11.1 Å². The summed E-state index contributed by atoms with van der Waals surface area (Å²) in [6, 6.07) is 20.4. The Morgan fingerprint density at radius 3 is 2.48 bits per heavy atom. The van der Waals surface area contributed by atoms with E-state index in [-0.39, 0.29) is 24.0 Å². The van der Waals surface area contributed by atoms with Gasteiger partial charge >= 0.3 is 0 Å². The number of rotatable bonds is 8. The molecule has 0 radical (unpaired) electrons. The van der Waals surface area contributed by atoms with Gasteiger partial charge in [-0.15, -0.1) is 24.0 Å². The molecule has 0 aliphatic rings. The number of aliphatic imine (C=N–C) groups is 1. The molecule has 3 rings (SSSR count). The number of benzene rings is 2. The molecule has 0 aliphatic heterocycles. The molecule has 174 valence electrons. The molecule has 4 N–H and O–H groups in total. The van der Waals surface area contributed by atoms with E-state index < -0.39 is 0 Å². The van der Waals surface area contributed by atoms with Crippen molar-refractivity contribution < 1.29 is 0 Å². The average molecular weight is 557 g/mol. The Morgan fingerprint density at radius 1 is 1.15 bits per heavy atom. The number of nitrogen functional groups attached to an aromatic ring is 1. The van der Waals surface area contributed by atoms with E-state index in [9.17, 15) is 5.26 Å². The van der Waals surface area contributed by atoms with Gasteiger partial charge in [-0.3, -0.25) is 4.99 Å². The Hall–Kier alpha value is -3.06. The highest BCUT2D eigenvalue weighted by Crippen LogP contribution is 2.21. The predicted octanol–water partition coefficient (Wildman–Crippen LogP) is 4.15. The fourth-order valence-electron chi connectivity index (χ4n) is 3.49. The Balaban J connectivity index is 0.00000385. The third-order valence-electron chi connectivity index (χ3n) is 5.43. The topological polar surface area (TPSA) is 104 Å². The van der Waals surface area contributed by atoms with E-state index in [2.05, 4.69) is 64.9 Å². The molecular formula is C25H32IN7. The normalized spacial score (nSPS) is 11.9. The minimum Gasteiger partial charge on any atom is -0.382 e. The summed E-state index contributed by atoms with van der Waals surface area (Å²) in [5, 5.41) is 20.8. The van der Waals surface area contributed by atoms with Crippen molar-refractivity contribution >= 4 is 35.8 Å². The first-order chi connectivity index (χ1) is 15.5. The van der Waals surface area contributed by atoms with Gasteiger partial charge in [-0.25, -0.2) is 4.68 Å². The number of halogens is 1. The number of para-hydroxylation sites is 1. The van der Waals surface area contributed by atoms with Gasteiger partial charge in [0.25, 0.3) is 0 Å². The second kappa shape index (κ2) is 12.8. The first-order valence-electron chi connectivity index (χ1n) is 10.9. The van der Waals surface area contributed by atoms with E-state index in [0.717, 1.165) is 24.6 Å². The number of anilines is 1. The number of aromatic nitrogens is 2. The molecule has 2 aromatic carbocycles. The summed E-state index contributed by atoms with van der Waals surface area (Å²) < 4.78 is 1.63. The molecular weight excluding hydrogens is 525 g/mol. The zero-order valence-corrected chi connectivity index (χ0v) is 21.7. The van der Waals surface area contributed by atoms with Gasteiger partial charge in [0, 0.05) is 20.1 Å². The number of nitrogens with zero attached hydrogens (tertiary/aromatic N) is 4. The molecule has 7 nitrogen and oxygen atoms in total. The van der Waals surface area contributed by atoms with Crippen LogP contribution in [0.3, 0.4) is 0 Å². The van der Waals surface area contributed by atoms with Crippen molar-refractivity contribution in [3.05, 3.63) is 77.0 Å². The Morgan fingerprint density at radius 2 is 1.85 bits per heavy atom. The van der Waals surface area contributed by atoms with Crippen LogP contribution in [0, 0.1) is 18.3 Å². The fraction of sp³-hybridized carbons (Fsp3) is 0.320. The molecule has 0 aliphatic carbocycles. The second-order valence-electron chi connectivity index (χ2n) is 7.86. The lowest BCUT2D eigenvalue weighted by molar-refractivity contribution is 0.684. The molecule has 1 heterocycles. The van der Waals surface area contributed by atoms with Crippen LogP contribution >= 0.6 is 24.0 Å². The lowest BCUT2D eigenvalue weighted by atomic mass is 10.0. The largest absolute Gasteiger partial charge is 0.382 e. The van der Waals surface area contributed by atoms with E-state index in [0.29, 0.717) is 36.0 Å². The highest BCUT2D eigenvalue weighted by molar-refractivity contribution is 14.0. The quantitative estimate of drug-likeness (QED) is 0.167.